The maximum Gasteiger partial charge on any atom is 0.228 e. The molecule has 4 nitrogen and oxygen atoms in total. The van der Waals surface area contributed by atoms with Gasteiger partial charge in [-0.3, -0.25) is 4.79 Å². The summed E-state index contributed by atoms with van der Waals surface area (Å²) < 4.78 is 0. The van der Waals surface area contributed by atoms with Crippen molar-refractivity contribution in [2.75, 3.05) is 26.7 Å². The normalized spacial score (nSPS) is 17.5. The number of thiazole rings is 1. The van der Waals surface area contributed by atoms with E-state index >= 15 is 0 Å². The summed E-state index contributed by atoms with van der Waals surface area (Å²) in [5, 5.41) is 7.09. The van der Waals surface area contributed by atoms with Gasteiger partial charge in [0.05, 0.1) is 17.1 Å². The maximum atomic E-state index is 12.4. The van der Waals surface area contributed by atoms with E-state index in [9.17, 15) is 4.79 Å². The molecule has 1 N–H and O–H groups in total. The van der Waals surface area contributed by atoms with Crippen molar-refractivity contribution in [2.45, 2.75) is 12.8 Å². The summed E-state index contributed by atoms with van der Waals surface area (Å²) in [5.74, 6) is 0.700. The van der Waals surface area contributed by atoms with Crippen molar-refractivity contribution in [3.05, 3.63) is 39.3 Å². The highest BCUT2D eigenvalue weighted by atomic mass is 35.5. The van der Waals surface area contributed by atoms with Crippen LogP contribution in [0.2, 0.25) is 10.0 Å². The summed E-state index contributed by atoms with van der Waals surface area (Å²) in [6, 6.07) is 5.36. The van der Waals surface area contributed by atoms with E-state index in [1.165, 1.54) is 11.3 Å². The Morgan fingerprint density at radius 1 is 1.46 bits per heavy atom. The fraction of sp³-hybridized carbons (Fsp3) is 0.412. The number of carbonyl (C=O) groups is 1. The largest absolute Gasteiger partial charge is 0.342 e. The zero-order chi connectivity index (χ0) is 17.1. The summed E-state index contributed by atoms with van der Waals surface area (Å²) in [5.41, 5.74) is 1.64. The molecule has 0 spiro atoms. The molecular weight excluding hydrogens is 365 g/mol. The first kappa shape index (κ1) is 17.7. The van der Waals surface area contributed by atoms with Gasteiger partial charge in [-0.2, -0.15) is 0 Å². The first-order valence-corrected chi connectivity index (χ1v) is 9.52. The average Bonchev–Trinajstić information content (AvgIpc) is 3.17. The smallest absolute Gasteiger partial charge is 0.228 e. The zero-order valence-corrected chi connectivity index (χ0v) is 15.7. The van der Waals surface area contributed by atoms with E-state index in [-0.39, 0.29) is 5.91 Å². The fourth-order valence-electron chi connectivity index (χ4n) is 2.96. The number of amides is 1. The van der Waals surface area contributed by atoms with Crippen molar-refractivity contribution in [3.63, 3.8) is 0 Å². The van der Waals surface area contributed by atoms with Crippen molar-refractivity contribution in [1.82, 2.24) is 15.2 Å². The molecule has 0 radical (unpaired) electrons. The highest BCUT2D eigenvalue weighted by molar-refractivity contribution is 7.13. The van der Waals surface area contributed by atoms with Crippen LogP contribution in [-0.4, -0.2) is 42.5 Å². The monoisotopic (exact) mass is 383 g/mol. The average molecular weight is 384 g/mol. The number of rotatable bonds is 5. The van der Waals surface area contributed by atoms with Crippen LogP contribution in [0.5, 0.6) is 0 Å². The van der Waals surface area contributed by atoms with Crippen LogP contribution in [0.25, 0.3) is 10.6 Å². The first-order chi connectivity index (χ1) is 11.6. The standard InChI is InChI=1S/C17H19Cl2N3OS/c1-20-8-11-4-5-22(9-11)16(23)7-13-10-24-17(21-13)14-3-2-12(18)6-15(14)19/h2-3,6,10-11,20H,4-5,7-9H2,1H3/t11-/m0/s1. The molecule has 3 rings (SSSR count). The van der Waals surface area contributed by atoms with Gasteiger partial charge in [0.25, 0.3) is 0 Å². The Labute approximate surface area is 155 Å². The van der Waals surface area contributed by atoms with Gasteiger partial charge in [-0.25, -0.2) is 4.98 Å². The van der Waals surface area contributed by atoms with Crippen LogP contribution in [-0.2, 0) is 11.2 Å². The number of likely N-dealkylation sites (tertiary alicyclic amines) is 1. The van der Waals surface area contributed by atoms with Crippen LogP contribution in [0, 0.1) is 5.92 Å². The van der Waals surface area contributed by atoms with Gasteiger partial charge in [0.2, 0.25) is 5.91 Å². The minimum Gasteiger partial charge on any atom is -0.342 e. The Balaban J connectivity index is 1.65. The van der Waals surface area contributed by atoms with Crippen molar-refractivity contribution in [3.8, 4) is 10.6 Å². The minimum atomic E-state index is 0.146. The van der Waals surface area contributed by atoms with Crippen LogP contribution in [0.15, 0.2) is 23.6 Å². The molecule has 2 heterocycles. The lowest BCUT2D eigenvalue weighted by Crippen LogP contribution is -2.31. The summed E-state index contributed by atoms with van der Waals surface area (Å²) in [4.78, 5) is 19.0. The van der Waals surface area contributed by atoms with E-state index in [0.29, 0.717) is 22.4 Å². The van der Waals surface area contributed by atoms with Crippen molar-refractivity contribution >= 4 is 40.4 Å². The molecule has 128 valence electrons. The Morgan fingerprint density at radius 2 is 2.29 bits per heavy atom. The molecule has 1 atom stereocenters. The van der Waals surface area contributed by atoms with Crippen molar-refractivity contribution in [1.29, 1.82) is 0 Å². The highest BCUT2D eigenvalue weighted by Crippen LogP contribution is 2.32. The third kappa shape index (κ3) is 4.09. The summed E-state index contributed by atoms with van der Waals surface area (Å²) >= 11 is 13.7. The summed E-state index contributed by atoms with van der Waals surface area (Å²) in [6.45, 7) is 2.63. The molecule has 1 saturated heterocycles. The lowest BCUT2D eigenvalue weighted by atomic mass is 10.1. The molecule has 1 fully saturated rings. The first-order valence-electron chi connectivity index (χ1n) is 7.89. The second kappa shape index (κ2) is 7.83. The fourth-order valence-corrected chi connectivity index (χ4v) is 4.37. The van der Waals surface area contributed by atoms with Gasteiger partial charge >= 0.3 is 0 Å². The van der Waals surface area contributed by atoms with Gasteiger partial charge in [-0.15, -0.1) is 11.3 Å². The SMILES string of the molecule is CNC[C@@H]1CCN(C(=O)Cc2csc(-c3ccc(Cl)cc3Cl)n2)C1. The lowest BCUT2D eigenvalue weighted by Gasteiger charge is -2.15. The Kier molecular flexibility index (Phi) is 5.76. The van der Waals surface area contributed by atoms with Crippen LogP contribution in [0.1, 0.15) is 12.1 Å². The number of carbonyl (C=O) groups excluding carboxylic acids is 1. The number of nitrogens with zero attached hydrogens (tertiary/aromatic N) is 2. The second-order valence-electron chi connectivity index (χ2n) is 6.00. The third-order valence-corrected chi connectivity index (χ3v) is 5.65. The van der Waals surface area contributed by atoms with Crippen LogP contribution in [0.4, 0.5) is 0 Å². The molecule has 7 heteroatoms. The van der Waals surface area contributed by atoms with E-state index in [4.69, 9.17) is 23.2 Å². The number of aromatic nitrogens is 1. The molecule has 1 aliphatic rings. The van der Waals surface area contributed by atoms with E-state index < -0.39 is 0 Å². The molecule has 1 aromatic carbocycles. The summed E-state index contributed by atoms with van der Waals surface area (Å²) in [7, 11) is 1.95. The molecule has 24 heavy (non-hydrogen) atoms. The van der Waals surface area contributed by atoms with Gasteiger partial charge in [-0.1, -0.05) is 23.2 Å². The lowest BCUT2D eigenvalue weighted by molar-refractivity contribution is -0.129. The van der Waals surface area contributed by atoms with E-state index in [0.717, 1.165) is 42.3 Å². The third-order valence-electron chi connectivity index (χ3n) is 4.18. The number of halogens is 2. The number of benzene rings is 1. The molecule has 0 aliphatic carbocycles. The van der Waals surface area contributed by atoms with E-state index in [2.05, 4.69) is 10.3 Å². The number of hydrogen-bond donors (Lipinski definition) is 1. The second-order valence-corrected chi connectivity index (χ2v) is 7.70. The van der Waals surface area contributed by atoms with Gasteiger partial charge in [0.15, 0.2) is 0 Å². The van der Waals surface area contributed by atoms with E-state index in [1.807, 2.05) is 23.4 Å². The molecule has 1 amide bonds. The molecular formula is C17H19Cl2N3OS. The quantitative estimate of drug-likeness (QED) is 0.855. The summed E-state index contributed by atoms with van der Waals surface area (Å²) in [6.07, 6.45) is 1.41. The minimum absolute atomic E-state index is 0.146. The number of hydrogen-bond acceptors (Lipinski definition) is 4. The van der Waals surface area contributed by atoms with Crippen molar-refractivity contribution in [2.24, 2.45) is 5.92 Å². The van der Waals surface area contributed by atoms with Gasteiger partial charge in [-0.05, 0) is 44.1 Å². The Hall–Kier alpha value is -1.14. The van der Waals surface area contributed by atoms with Crippen molar-refractivity contribution < 1.29 is 4.79 Å². The number of nitrogens with one attached hydrogen (secondary N) is 1. The van der Waals surface area contributed by atoms with Crippen LogP contribution in [0.3, 0.4) is 0 Å². The van der Waals surface area contributed by atoms with Gasteiger partial charge in [0.1, 0.15) is 5.01 Å². The topological polar surface area (TPSA) is 45.2 Å². The van der Waals surface area contributed by atoms with Gasteiger partial charge < -0.3 is 10.2 Å². The molecule has 0 bridgehead atoms. The molecule has 1 aliphatic heterocycles. The van der Waals surface area contributed by atoms with Crippen LogP contribution < -0.4 is 5.32 Å². The molecule has 2 aromatic rings. The molecule has 0 unspecified atom stereocenters. The zero-order valence-electron chi connectivity index (χ0n) is 13.4. The van der Waals surface area contributed by atoms with Gasteiger partial charge in [0, 0.05) is 29.1 Å². The predicted molar refractivity (Wildman–Crippen MR) is 99.9 cm³/mol. The highest BCUT2D eigenvalue weighted by Gasteiger charge is 2.26. The maximum absolute atomic E-state index is 12.4. The molecule has 0 saturated carbocycles. The van der Waals surface area contributed by atoms with E-state index in [1.54, 1.807) is 12.1 Å². The van der Waals surface area contributed by atoms with Crippen LogP contribution >= 0.6 is 34.5 Å². The Morgan fingerprint density at radius 3 is 3.04 bits per heavy atom. The Bertz CT molecular complexity index is 734. The molecule has 1 aromatic heterocycles. The predicted octanol–water partition coefficient (Wildman–Crippen LogP) is 3.73.